The van der Waals surface area contributed by atoms with E-state index in [0.29, 0.717) is 12.5 Å². The van der Waals surface area contributed by atoms with Crippen LogP contribution in [0.4, 0.5) is 0 Å². The van der Waals surface area contributed by atoms with Gasteiger partial charge in [0.1, 0.15) is 0 Å². The molecule has 3 aliphatic rings. The average molecular weight is 381 g/mol. The topological polar surface area (TPSA) is 55.9 Å². The fraction of sp³-hybridized carbons (Fsp3) is 0.875. The number of carbonyl (C=O) groups is 2. The Morgan fingerprint density at radius 3 is 2.46 bits per heavy atom. The molecule has 0 saturated carbocycles. The van der Waals surface area contributed by atoms with Crippen LogP contribution in [0.15, 0.2) is 0 Å². The zero-order valence-corrected chi connectivity index (χ0v) is 16.0. The van der Waals surface area contributed by atoms with Gasteiger partial charge in [-0.2, -0.15) is 0 Å². The van der Waals surface area contributed by atoms with Crippen molar-refractivity contribution < 1.29 is 9.59 Å². The van der Waals surface area contributed by atoms with Crippen LogP contribution in [0, 0.1) is 5.92 Å². The Labute approximate surface area is 157 Å². The SMILES string of the molecule is CN1CCC(C(=O)N2CCCC(N3CCNCC3=O)C2)CC1.Cl.Cl. The number of hydrogen-bond donors (Lipinski definition) is 1. The fourth-order valence-corrected chi connectivity index (χ4v) is 3.93. The molecule has 140 valence electrons. The Hall–Kier alpha value is -0.560. The van der Waals surface area contributed by atoms with Gasteiger partial charge in [0.15, 0.2) is 0 Å². The van der Waals surface area contributed by atoms with Crippen LogP contribution in [-0.4, -0.2) is 85.4 Å². The monoisotopic (exact) mass is 380 g/mol. The van der Waals surface area contributed by atoms with Gasteiger partial charge in [-0.1, -0.05) is 0 Å². The van der Waals surface area contributed by atoms with Gasteiger partial charge in [-0.3, -0.25) is 9.59 Å². The van der Waals surface area contributed by atoms with E-state index in [2.05, 4.69) is 17.3 Å². The predicted octanol–water partition coefficient (Wildman–Crippen LogP) is 0.595. The van der Waals surface area contributed by atoms with E-state index < -0.39 is 0 Å². The summed E-state index contributed by atoms with van der Waals surface area (Å²) in [5, 5.41) is 3.12. The van der Waals surface area contributed by atoms with E-state index in [-0.39, 0.29) is 42.7 Å². The van der Waals surface area contributed by atoms with Crippen molar-refractivity contribution in [2.45, 2.75) is 31.7 Å². The minimum atomic E-state index is 0. The van der Waals surface area contributed by atoms with Crippen molar-refractivity contribution in [1.82, 2.24) is 20.0 Å². The number of carbonyl (C=O) groups excluding carboxylic acids is 2. The first-order valence-corrected chi connectivity index (χ1v) is 8.62. The summed E-state index contributed by atoms with van der Waals surface area (Å²) in [7, 11) is 2.12. The Morgan fingerprint density at radius 2 is 1.79 bits per heavy atom. The van der Waals surface area contributed by atoms with Crippen molar-refractivity contribution in [1.29, 1.82) is 0 Å². The predicted molar refractivity (Wildman–Crippen MR) is 98.9 cm³/mol. The van der Waals surface area contributed by atoms with Gasteiger partial charge in [-0.15, -0.1) is 24.8 Å². The lowest BCUT2D eigenvalue weighted by Crippen LogP contribution is -2.58. The maximum absolute atomic E-state index is 12.8. The van der Waals surface area contributed by atoms with E-state index in [4.69, 9.17) is 0 Å². The molecule has 0 bridgehead atoms. The van der Waals surface area contributed by atoms with Gasteiger partial charge in [0.05, 0.1) is 6.54 Å². The summed E-state index contributed by atoms with van der Waals surface area (Å²) in [4.78, 5) is 31.1. The Balaban J connectivity index is 0.00000144. The maximum atomic E-state index is 12.8. The molecule has 3 rings (SSSR count). The summed E-state index contributed by atoms with van der Waals surface area (Å²) in [5.41, 5.74) is 0. The third-order valence-corrected chi connectivity index (χ3v) is 5.34. The third kappa shape index (κ3) is 4.97. The number of piperazine rings is 1. The first-order chi connectivity index (χ1) is 10.6. The number of hydrogen-bond acceptors (Lipinski definition) is 4. The summed E-state index contributed by atoms with van der Waals surface area (Å²) < 4.78 is 0. The van der Waals surface area contributed by atoms with Crippen LogP contribution in [0.2, 0.25) is 0 Å². The standard InChI is InChI=1S/C16H28N4O2.2ClH/c1-18-8-4-13(5-9-18)16(22)19-7-2-3-14(12-19)20-10-6-17-11-15(20)21;;/h13-14,17H,2-12H2,1H3;2*1H. The van der Waals surface area contributed by atoms with E-state index in [1.165, 1.54) is 0 Å². The van der Waals surface area contributed by atoms with Gasteiger partial charge in [0.25, 0.3) is 0 Å². The van der Waals surface area contributed by atoms with Crippen LogP contribution in [0.25, 0.3) is 0 Å². The lowest BCUT2D eigenvalue weighted by Gasteiger charge is -2.42. The van der Waals surface area contributed by atoms with Crippen molar-refractivity contribution >= 4 is 36.6 Å². The highest BCUT2D eigenvalue weighted by molar-refractivity contribution is 5.85. The van der Waals surface area contributed by atoms with Gasteiger partial charge in [0, 0.05) is 38.1 Å². The third-order valence-electron chi connectivity index (χ3n) is 5.34. The first kappa shape index (κ1) is 21.5. The summed E-state index contributed by atoms with van der Waals surface area (Å²) in [6, 6.07) is 0.221. The average Bonchev–Trinajstić information content (AvgIpc) is 2.55. The summed E-state index contributed by atoms with van der Waals surface area (Å²) in [6.45, 7) is 5.72. The quantitative estimate of drug-likeness (QED) is 0.761. The Kier molecular flexibility index (Phi) is 8.77. The largest absolute Gasteiger partial charge is 0.340 e. The zero-order valence-electron chi connectivity index (χ0n) is 14.4. The smallest absolute Gasteiger partial charge is 0.236 e. The van der Waals surface area contributed by atoms with Gasteiger partial charge in [-0.05, 0) is 45.8 Å². The van der Waals surface area contributed by atoms with E-state index >= 15 is 0 Å². The van der Waals surface area contributed by atoms with Crippen LogP contribution in [-0.2, 0) is 9.59 Å². The highest BCUT2D eigenvalue weighted by Gasteiger charge is 2.34. The van der Waals surface area contributed by atoms with Crippen LogP contribution >= 0.6 is 24.8 Å². The molecule has 6 nitrogen and oxygen atoms in total. The molecule has 3 saturated heterocycles. The van der Waals surface area contributed by atoms with Gasteiger partial charge >= 0.3 is 0 Å². The molecule has 0 aromatic heterocycles. The van der Waals surface area contributed by atoms with Crippen LogP contribution in [0.5, 0.6) is 0 Å². The van der Waals surface area contributed by atoms with Crippen molar-refractivity contribution in [2.24, 2.45) is 5.92 Å². The van der Waals surface area contributed by atoms with Gasteiger partial charge < -0.3 is 20.0 Å². The van der Waals surface area contributed by atoms with E-state index in [9.17, 15) is 9.59 Å². The molecule has 0 aromatic rings. The van der Waals surface area contributed by atoms with E-state index in [1.54, 1.807) is 0 Å². The molecule has 1 N–H and O–H groups in total. The lowest BCUT2D eigenvalue weighted by atomic mass is 9.93. The number of likely N-dealkylation sites (tertiary alicyclic amines) is 2. The molecular weight excluding hydrogens is 351 g/mol. The maximum Gasteiger partial charge on any atom is 0.236 e. The highest BCUT2D eigenvalue weighted by atomic mass is 35.5. The molecule has 8 heteroatoms. The second kappa shape index (κ2) is 9.80. The first-order valence-electron chi connectivity index (χ1n) is 8.62. The van der Waals surface area contributed by atoms with Crippen LogP contribution in [0.1, 0.15) is 25.7 Å². The second-order valence-electron chi connectivity index (χ2n) is 6.92. The molecule has 0 aliphatic carbocycles. The molecule has 2 amide bonds. The molecule has 3 heterocycles. The number of piperidine rings is 2. The fourth-order valence-electron chi connectivity index (χ4n) is 3.93. The molecule has 3 fully saturated rings. The number of rotatable bonds is 2. The Bertz CT molecular complexity index is 430. The summed E-state index contributed by atoms with van der Waals surface area (Å²) >= 11 is 0. The molecule has 0 aromatic carbocycles. The zero-order chi connectivity index (χ0) is 15.5. The number of nitrogens with zero attached hydrogens (tertiary/aromatic N) is 3. The van der Waals surface area contributed by atoms with Crippen LogP contribution in [0.3, 0.4) is 0 Å². The summed E-state index contributed by atoms with van der Waals surface area (Å²) in [6.07, 6.45) is 4.00. The van der Waals surface area contributed by atoms with Gasteiger partial charge in [-0.25, -0.2) is 0 Å². The van der Waals surface area contributed by atoms with Crippen molar-refractivity contribution in [3.05, 3.63) is 0 Å². The van der Waals surface area contributed by atoms with Gasteiger partial charge in [0.2, 0.25) is 11.8 Å². The molecular formula is C16H30Cl2N4O2. The molecule has 1 unspecified atom stereocenters. The minimum absolute atomic E-state index is 0. The van der Waals surface area contributed by atoms with E-state index in [0.717, 1.165) is 65.0 Å². The number of halogens is 2. The number of amides is 2. The Morgan fingerprint density at radius 1 is 1.08 bits per heavy atom. The minimum Gasteiger partial charge on any atom is -0.340 e. The highest BCUT2D eigenvalue weighted by Crippen LogP contribution is 2.23. The number of nitrogens with one attached hydrogen (secondary N) is 1. The summed E-state index contributed by atoms with van der Waals surface area (Å²) in [5.74, 6) is 0.693. The van der Waals surface area contributed by atoms with Crippen molar-refractivity contribution in [3.63, 3.8) is 0 Å². The van der Waals surface area contributed by atoms with Crippen molar-refractivity contribution in [2.75, 3.05) is 52.9 Å². The van der Waals surface area contributed by atoms with Crippen LogP contribution < -0.4 is 5.32 Å². The molecule has 3 aliphatic heterocycles. The van der Waals surface area contributed by atoms with E-state index in [1.807, 2.05) is 9.80 Å². The lowest BCUT2D eigenvalue weighted by molar-refractivity contribution is -0.143. The second-order valence-corrected chi connectivity index (χ2v) is 6.92. The molecule has 1 atom stereocenters. The van der Waals surface area contributed by atoms with Crippen molar-refractivity contribution in [3.8, 4) is 0 Å². The normalized spacial score (nSPS) is 26.5. The molecule has 24 heavy (non-hydrogen) atoms. The molecule has 0 spiro atoms. The molecule has 0 radical (unpaired) electrons.